The van der Waals surface area contributed by atoms with E-state index in [4.69, 9.17) is 0 Å². The number of aliphatic imine (C=N–C) groups is 1. The van der Waals surface area contributed by atoms with Crippen molar-refractivity contribution in [2.75, 3.05) is 13.6 Å². The third kappa shape index (κ3) is 4.62. The Kier molecular flexibility index (Phi) is 7.25. The summed E-state index contributed by atoms with van der Waals surface area (Å²) >= 11 is 0. The number of nitrogens with one attached hydrogen (secondary N) is 2. The minimum absolute atomic E-state index is 0. The summed E-state index contributed by atoms with van der Waals surface area (Å²) in [6.07, 6.45) is 3.44. The Morgan fingerprint density at radius 2 is 1.89 bits per heavy atom. The lowest BCUT2D eigenvalue weighted by molar-refractivity contribution is 0.243. The van der Waals surface area contributed by atoms with Crippen molar-refractivity contribution >= 4 is 29.9 Å². The number of aromatic nitrogens is 2. The molecule has 2 aromatic rings. The van der Waals surface area contributed by atoms with E-state index in [0.717, 1.165) is 36.7 Å². The molecule has 1 fully saturated rings. The van der Waals surface area contributed by atoms with E-state index >= 15 is 0 Å². The molecule has 0 atom stereocenters. The van der Waals surface area contributed by atoms with Gasteiger partial charge in [-0.05, 0) is 44.4 Å². The molecular formula is C20H29FIN5. The zero-order valence-corrected chi connectivity index (χ0v) is 18.8. The molecule has 27 heavy (non-hydrogen) atoms. The molecule has 1 heterocycles. The molecular weight excluding hydrogens is 456 g/mol. The van der Waals surface area contributed by atoms with Gasteiger partial charge in [0.1, 0.15) is 5.82 Å². The summed E-state index contributed by atoms with van der Waals surface area (Å²) in [5.74, 6) is 0.594. The van der Waals surface area contributed by atoms with Gasteiger partial charge < -0.3 is 10.6 Å². The topological polar surface area (TPSA) is 54.2 Å². The Morgan fingerprint density at radius 1 is 1.22 bits per heavy atom. The first kappa shape index (κ1) is 21.7. The van der Waals surface area contributed by atoms with Crippen molar-refractivity contribution in [3.8, 4) is 0 Å². The molecule has 0 radical (unpaired) electrons. The van der Waals surface area contributed by atoms with Crippen molar-refractivity contribution in [3.05, 3.63) is 52.6 Å². The lowest BCUT2D eigenvalue weighted by Crippen LogP contribution is -2.48. The van der Waals surface area contributed by atoms with E-state index in [-0.39, 0.29) is 35.2 Å². The highest BCUT2D eigenvalue weighted by Crippen LogP contribution is 2.43. The lowest BCUT2D eigenvalue weighted by atomic mass is 9.64. The van der Waals surface area contributed by atoms with Crippen LogP contribution in [0.25, 0.3) is 0 Å². The Balaban J connectivity index is 0.00000261. The molecule has 0 amide bonds. The second kappa shape index (κ2) is 9.03. The van der Waals surface area contributed by atoms with Crippen LogP contribution in [0.2, 0.25) is 0 Å². The summed E-state index contributed by atoms with van der Waals surface area (Å²) < 4.78 is 15.1. The predicted molar refractivity (Wildman–Crippen MR) is 118 cm³/mol. The van der Waals surface area contributed by atoms with Crippen LogP contribution in [0.15, 0.2) is 29.3 Å². The van der Waals surface area contributed by atoms with Gasteiger partial charge in [-0.1, -0.05) is 18.6 Å². The number of guanidine groups is 1. The fourth-order valence-electron chi connectivity index (χ4n) is 3.69. The van der Waals surface area contributed by atoms with E-state index in [0.29, 0.717) is 6.54 Å². The van der Waals surface area contributed by atoms with Gasteiger partial charge in [-0.25, -0.2) is 4.39 Å². The van der Waals surface area contributed by atoms with Crippen LogP contribution in [0.3, 0.4) is 0 Å². The van der Waals surface area contributed by atoms with Crippen molar-refractivity contribution in [1.29, 1.82) is 0 Å². The normalized spacial score (nSPS) is 15.7. The molecule has 1 aliphatic carbocycles. The van der Waals surface area contributed by atoms with Crippen molar-refractivity contribution in [2.24, 2.45) is 12.0 Å². The Hall–Kier alpha value is -1.64. The van der Waals surface area contributed by atoms with Crippen molar-refractivity contribution in [2.45, 2.75) is 45.1 Å². The minimum atomic E-state index is -0.184. The molecule has 5 nitrogen and oxygen atoms in total. The number of hydrogen-bond donors (Lipinski definition) is 2. The molecule has 1 aromatic heterocycles. The quantitative estimate of drug-likeness (QED) is 0.387. The smallest absolute Gasteiger partial charge is 0.191 e. The summed E-state index contributed by atoms with van der Waals surface area (Å²) in [7, 11) is 3.74. The van der Waals surface area contributed by atoms with Crippen molar-refractivity contribution in [1.82, 2.24) is 20.4 Å². The number of nitrogens with zero attached hydrogens (tertiary/aromatic N) is 3. The SMILES string of the molecule is CN=C(NCc1c(C)nn(C)c1C)NCC1(c2ccc(F)cc2)CCC1.I. The van der Waals surface area contributed by atoms with Crippen LogP contribution in [-0.2, 0) is 19.0 Å². The molecule has 1 saturated carbocycles. The predicted octanol–water partition coefficient (Wildman–Crippen LogP) is 3.58. The van der Waals surface area contributed by atoms with E-state index in [1.165, 1.54) is 17.5 Å². The number of benzene rings is 1. The fraction of sp³-hybridized carbons (Fsp3) is 0.500. The monoisotopic (exact) mass is 485 g/mol. The molecule has 2 N–H and O–H groups in total. The molecule has 0 spiro atoms. The van der Waals surface area contributed by atoms with Crippen LogP contribution < -0.4 is 10.6 Å². The standard InChI is InChI=1S/C20H28FN5.HI/c1-14-18(15(2)26(4)25-14)12-23-19(22-3)24-13-20(10-5-11-20)16-6-8-17(21)9-7-16;/h6-9H,5,10-13H2,1-4H3,(H2,22,23,24);1H. The molecule has 0 unspecified atom stereocenters. The van der Waals surface area contributed by atoms with Gasteiger partial charge in [-0.15, -0.1) is 24.0 Å². The highest BCUT2D eigenvalue weighted by atomic mass is 127. The molecule has 0 aliphatic heterocycles. The third-order valence-electron chi connectivity index (χ3n) is 5.68. The van der Waals surface area contributed by atoms with Crippen LogP contribution in [-0.4, -0.2) is 29.3 Å². The van der Waals surface area contributed by atoms with Crippen LogP contribution >= 0.6 is 24.0 Å². The van der Waals surface area contributed by atoms with E-state index < -0.39 is 0 Å². The Labute approximate surface area is 177 Å². The lowest BCUT2D eigenvalue weighted by Gasteiger charge is -2.43. The number of halogens is 2. The molecule has 148 valence electrons. The minimum Gasteiger partial charge on any atom is -0.356 e. The second-order valence-electron chi connectivity index (χ2n) is 7.19. The Bertz CT molecular complexity index is 793. The third-order valence-corrected chi connectivity index (χ3v) is 5.68. The summed E-state index contributed by atoms with van der Waals surface area (Å²) in [5.41, 5.74) is 4.67. The van der Waals surface area contributed by atoms with Gasteiger partial charge in [0.25, 0.3) is 0 Å². The first-order chi connectivity index (χ1) is 12.4. The van der Waals surface area contributed by atoms with Crippen LogP contribution in [0, 0.1) is 19.7 Å². The van der Waals surface area contributed by atoms with E-state index in [1.807, 2.05) is 30.8 Å². The first-order valence-electron chi connectivity index (χ1n) is 9.15. The highest BCUT2D eigenvalue weighted by Gasteiger charge is 2.38. The molecule has 0 bridgehead atoms. The maximum absolute atomic E-state index is 13.2. The molecule has 7 heteroatoms. The molecule has 1 aromatic carbocycles. The van der Waals surface area contributed by atoms with E-state index in [2.05, 4.69) is 27.6 Å². The average Bonchev–Trinajstić information content (AvgIpc) is 2.83. The number of aryl methyl sites for hydroxylation is 2. The Morgan fingerprint density at radius 3 is 2.37 bits per heavy atom. The summed E-state index contributed by atoms with van der Waals surface area (Å²) in [5, 5.41) is 11.3. The van der Waals surface area contributed by atoms with Crippen molar-refractivity contribution in [3.63, 3.8) is 0 Å². The maximum Gasteiger partial charge on any atom is 0.191 e. The second-order valence-corrected chi connectivity index (χ2v) is 7.19. The first-order valence-corrected chi connectivity index (χ1v) is 9.15. The van der Waals surface area contributed by atoms with Gasteiger partial charge in [0.15, 0.2) is 5.96 Å². The maximum atomic E-state index is 13.2. The average molecular weight is 485 g/mol. The zero-order valence-electron chi connectivity index (χ0n) is 16.5. The van der Waals surface area contributed by atoms with Crippen LogP contribution in [0.5, 0.6) is 0 Å². The largest absolute Gasteiger partial charge is 0.356 e. The molecule has 0 saturated heterocycles. The summed E-state index contributed by atoms with van der Waals surface area (Å²) in [6, 6.07) is 6.93. The van der Waals surface area contributed by atoms with Gasteiger partial charge in [-0.3, -0.25) is 9.67 Å². The van der Waals surface area contributed by atoms with E-state index in [1.54, 1.807) is 19.2 Å². The molecule has 1 aliphatic rings. The fourth-order valence-corrected chi connectivity index (χ4v) is 3.69. The van der Waals surface area contributed by atoms with E-state index in [9.17, 15) is 4.39 Å². The van der Waals surface area contributed by atoms with Gasteiger partial charge >= 0.3 is 0 Å². The van der Waals surface area contributed by atoms with Gasteiger partial charge in [0, 0.05) is 43.9 Å². The van der Waals surface area contributed by atoms with Crippen LogP contribution in [0.4, 0.5) is 4.39 Å². The van der Waals surface area contributed by atoms with Gasteiger partial charge in [0.05, 0.1) is 5.69 Å². The van der Waals surface area contributed by atoms with Crippen LogP contribution in [0.1, 0.15) is 41.8 Å². The zero-order chi connectivity index (χ0) is 18.7. The van der Waals surface area contributed by atoms with Crippen molar-refractivity contribution < 1.29 is 4.39 Å². The van der Waals surface area contributed by atoms with Gasteiger partial charge in [0.2, 0.25) is 0 Å². The number of rotatable bonds is 5. The van der Waals surface area contributed by atoms with Gasteiger partial charge in [-0.2, -0.15) is 5.10 Å². The molecule has 3 rings (SSSR count). The highest BCUT2D eigenvalue weighted by molar-refractivity contribution is 14.0. The summed E-state index contributed by atoms with van der Waals surface area (Å²) in [6.45, 7) is 5.58. The number of hydrogen-bond acceptors (Lipinski definition) is 2. The summed E-state index contributed by atoms with van der Waals surface area (Å²) in [4.78, 5) is 4.35.